The highest BCUT2D eigenvalue weighted by Crippen LogP contribution is 2.31. The van der Waals surface area contributed by atoms with E-state index in [1.807, 2.05) is 48.5 Å². The monoisotopic (exact) mass is 340 g/mol. The summed E-state index contributed by atoms with van der Waals surface area (Å²) in [6.45, 7) is 0. The molecule has 122 valence electrons. The van der Waals surface area contributed by atoms with Gasteiger partial charge < -0.3 is 15.2 Å². The molecular weight excluding hydrogens is 324 g/mol. The lowest BCUT2D eigenvalue weighted by molar-refractivity contribution is -0.149. The van der Waals surface area contributed by atoms with Gasteiger partial charge in [-0.05, 0) is 29.7 Å². The van der Waals surface area contributed by atoms with Gasteiger partial charge in [0.2, 0.25) is 6.10 Å². The molecule has 2 aromatic carbocycles. The van der Waals surface area contributed by atoms with Crippen molar-refractivity contribution >= 4 is 33.2 Å². The van der Waals surface area contributed by atoms with E-state index in [0.717, 1.165) is 15.6 Å². The maximum absolute atomic E-state index is 12.1. The van der Waals surface area contributed by atoms with Crippen LogP contribution in [0.1, 0.15) is 16.5 Å². The first-order chi connectivity index (χ1) is 11.6. The summed E-state index contributed by atoms with van der Waals surface area (Å²) in [6, 6.07) is 16.5. The molecule has 0 aliphatic rings. The van der Waals surface area contributed by atoms with E-state index in [0.29, 0.717) is 10.6 Å². The number of methoxy groups -OCH3 is 1. The maximum Gasteiger partial charge on any atom is 0.351 e. The first-order valence-electron chi connectivity index (χ1n) is 7.26. The number of benzene rings is 2. The third kappa shape index (κ3) is 3.23. The highest BCUT2D eigenvalue weighted by molar-refractivity contribution is 7.20. The highest BCUT2D eigenvalue weighted by Gasteiger charge is 2.23. The van der Waals surface area contributed by atoms with Crippen molar-refractivity contribution in [2.45, 2.75) is 6.10 Å². The molecule has 24 heavy (non-hydrogen) atoms. The van der Waals surface area contributed by atoms with E-state index in [9.17, 15) is 4.79 Å². The van der Waals surface area contributed by atoms with Crippen LogP contribution in [0.25, 0.3) is 10.1 Å². The van der Waals surface area contributed by atoms with Crippen LogP contribution < -0.4 is 10.5 Å². The molecule has 0 saturated carbocycles. The Hall–Kier alpha value is -2.86. The topological polar surface area (TPSA) is 85.4 Å². The lowest BCUT2D eigenvalue weighted by Crippen LogP contribution is -2.20. The third-order valence-corrected chi connectivity index (χ3v) is 4.67. The minimum atomic E-state index is -0.834. The molecule has 1 aromatic heterocycles. The number of fused-ring (bicyclic) bond motifs is 1. The number of thiophene rings is 1. The minimum absolute atomic E-state index is 0.0374. The van der Waals surface area contributed by atoms with Crippen molar-refractivity contribution in [1.29, 1.82) is 5.41 Å². The molecule has 0 aliphatic carbocycles. The maximum atomic E-state index is 12.1. The van der Waals surface area contributed by atoms with E-state index in [4.69, 9.17) is 20.6 Å². The first kappa shape index (κ1) is 16.0. The third-order valence-electron chi connectivity index (χ3n) is 3.52. The zero-order chi connectivity index (χ0) is 17.1. The summed E-state index contributed by atoms with van der Waals surface area (Å²) in [4.78, 5) is 12.8. The van der Waals surface area contributed by atoms with Crippen LogP contribution in [-0.4, -0.2) is 18.9 Å². The second-order valence-electron chi connectivity index (χ2n) is 5.16. The number of rotatable bonds is 5. The fraction of sp³-hybridized carbons (Fsp3) is 0.111. The molecular formula is C18H16N2O3S. The standard InChI is InChI=1S/C18H16N2O3S/c1-22-18(21)16(11-5-3-2-4-6-11)23-13-7-8-14-12(9-13)10-15(24-14)17(19)20/h2-10,16H,1H3,(H3,19,20). The minimum Gasteiger partial charge on any atom is -0.474 e. The normalized spacial score (nSPS) is 11.9. The molecule has 0 radical (unpaired) electrons. The van der Waals surface area contributed by atoms with Gasteiger partial charge in [-0.15, -0.1) is 11.3 Å². The number of esters is 1. The summed E-state index contributed by atoms with van der Waals surface area (Å²) < 4.78 is 11.7. The molecule has 1 atom stereocenters. The fourth-order valence-electron chi connectivity index (χ4n) is 2.35. The molecule has 6 heteroatoms. The summed E-state index contributed by atoms with van der Waals surface area (Å²) in [5.41, 5.74) is 6.25. The molecule has 0 fully saturated rings. The summed E-state index contributed by atoms with van der Waals surface area (Å²) >= 11 is 1.44. The average Bonchev–Trinajstić information content (AvgIpc) is 3.03. The van der Waals surface area contributed by atoms with Gasteiger partial charge in [0.15, 0.2) is 0 Å². The predicted octanol–water partition coefficient (Wildman–Crippen LogP) is 3.48. The van der Waals surface area contributed by atoms with Crippen molar-refractivity contribution in [3.05, 3.63) is 65.0 Å². The van der Waals surface area contributed by atoms with Crippen molar-refractivity contribution in [1.82, 2.24) is 0 Å². The van der Waals surface area contributed by atoms with E-state index in [2.05, 4.69) is 0 Å². The Morgan fingerprint density at radius 2 is 1.92 bits per heavy atom. The quantitative estimate of drug-likeness (QED) is 0.423. The van der Waals surface area contributed by atoms with Gasteiger partial charge in [-0.3, -0.25) is 5.41 Å². The molecule has 0 amide bonds. The summed E-state index contributed by atoms with van der Waals surface area (Å²) in [7, 11) is 1.34. The van der Waals surface area contributed by atoms with E-state index in [1.165, 1.54) is 18.4 Å². The number of nitrogens with one attached hydrogen (secondary N) is 1. The van der Waals surface area contributed by atoms with E-state index in [1.54, 1.807) is 6.07 Å². The summed E-state index contributed by atoms with van der Waals surface area (Å²) in [5, 5.41) is 8.44. The number of ether oxygens (including phenoxy) is 2. The van der Waals surface area contributed by atoms with Gasteiger partial charge in [0, 0.05) is 10.3 Å². The molecule has 1 unspecified atom stereocenters. The van der Waals surface area contributed by atoms with Gasteiger partial charge in [-0.25, -0.2) is 4.79 Å². The Morgan fingerprint density at radius 3 is 2.58 bits per heavy atom. The summed E-state index contributed by atoms with van der Waals surface area (Å²) in [6.07, 6.45) is -0.834. The number of nitrogen functional groups attached to an aromatic ring is 1. The number of carbonyl (C=O) groups excluding carboxylic acids is 1. The van der Waals surface area contributed by atoms with Gasteiger partial charge in [-0.1, -0.05) is 30.3 Å². The number of hydrogen-bond donors (Lipinski definition) is 2. The largest absolute Gasteiger partial charge is 0.474 e. The Bertz CT molecular complexity index is 890. The SMILES string of the molecule is COC(=O)C(Oc1ccc2sc(C(=N)N)cc2c1)c1ccccc1. The van der Waals surface area contributed by atoms with Crippen LogP contribution in [0, 0.1) is 5.41 Å². The lowest BCUT2D eigenvalue weighted by atomic mass is 10.1. The Balaban J connectivity index is 1.93. The van der Waals surface area contributed by atoms with Crippen LogP contribution in [0.3, 0.4) is 0 Å². The van der Waals surface area contributed by atoms with Crippen LogP contribution in [0.4, 0.5) is 0 Å². The van der Waals surface area contributed by atoms with Crippen molar-refractivity contribution in [3.63, 3.8) is 0 Å². The molecule has 3 aromatic rings. The molecule has 3 N–H and O–H groups in total. The van der Waals surface area contributed by atoms with E-state index >= 15 is 0 Å². The smallest absolute Gasteiger partial charge is 0.351 e. The molecule has 0 bridgehead atoms. The molecule has 0 spiro atoms. The number of amidine groups is 1. The van der Waals surface area contributed by atoms with Gasteiger partial charge >= 0.3 is 5.97 Å². The molecule has 1 heterocycles. The molecule has 5 nitrogen and oxygen atoms in total. The van der Waals surface area contributed by atoms with Gasteiger partial charge in [0.1, 0.15) is 11.6 Å². The number of carbonyl (C=O) groups is 1. The molecule has 3 rings (SSSR count). The number of nitrogens with two attached hydrogens (primary N) is 1. The predicted molar refractivity (Wildman–Crippen MR) is 94.7 cm³/mol. The van der Waals surface area contributed by atoms with Crippen LogP contribution >= 0.6 is 11.3 Å². The van der Waals surface area contributed by atoms with Crippen molar-refractivity contribution < 1.29 is 14.3 Å². The van der Waals surface area contributed by atoms with Crippen LogP contribution in [0.15, 0.2) is 54.6 Å². The number of hydrogen-bond acceptors (Lipinski definition) is 5. The second-order valence-corrected chi connectivity index (χ2v) is 6.24. The molecule has 0 aliphatic heterocycles. The van der Waals surface area contributed by atoms with Crippen LogP contribution in [-0.2, 0) is 9.53 Å². The van der Waals surface area contributed by atoms with Crippen molar-refractivity contribution in [2.75, 3.05) is 7.11 Å². The van der Waals surface area contributed by atoms with Gasteiger partial charge in [0.05, 0.1) is 12.0 Å². The van der Waals surface area contributed by atoms with Crippen molar-refractivity contribution in [3.8, 4) is 5.75 Å². The second kappa shape index (κ2) is 6.72. The van der Waals surface area contributed by atoms with E-state index < -0.39 is 12.1 Å². The zero-order valence-corrected chi connectivity index (χ0v) is 13.8. The molecule has 0 saturated heterocycles. The van der Waals surface area contributed by atoms with Crippen LogP contribution in [0.2, 0.25) is 0 Å². The van der Waals surface area contributed by atoms with Gasteiger partial charge in [0.25, 0.3) is 0 Å². The van der Waals surface area contributed by atoms with Crippen LogP contribution in [0.5, 0.6) is 5.75 Å². The van der Waals surface area contributed by atoms with E-state index in [-0.39, 0.29) is 5.84 Å². The first-order valence-corrected chi connectivity index (χ1v) is 8.07. The zero-order valence-electron chi connectivity index (χ0n) is 13.0. The van der Waals surface area contributed by atoms with Crippen molar-refractivity contribution in [2.24, 2.45) is 5.73 Å². The van der Waals surface area contributed by atoms with Gasteiger partial charge in [-0.2, -0.15) is 0 Å². The lowest BCUT2D eigenvalue weighted by Gasteiger charge is -2.17. The average molecular weight is 340 g/mol. The Morgan fingerprint density at radius 1 is 1.17 bits per heavy atom. The Kier molecular flexibility index (Phi) is 4.48. The fourth-order valence-corrected chi connectivity index (χ4v) is 3.26. The highest BCUT2D eigenvalue weighted by atomic mass is 32.1. The Labute approximate surface area is 143 Å². The summed E-state index contributed by atoms with van der Waals surface area (Å²) in [5.74, 6) is 0.126.